The molecule has 4 heterocycles. The number of furan rings is 1. The Bertz CT molecular complexity index is 1240. The second-order valence-corrected chi connectivity index (χ2v) is 7.38. The molecule has 31 heavy (non-hydrogen) atoms. The summed E-state index contributed by atoms with van der Waals surface area (Å²) in [6, 6.07) is 13.4. The van der Waals surface area contributed by atoms with Crippen LogP contribution in [0.5, 0.6) is 0 Å². The lowest BCUT2D eigenvalue weighted by atomic mass is 10.0. The summed E-state index contributed by atoms with van der Waals surface area (Å²) in [5, 5.41) is 0. The van der Waals surface area contributed by atoms with Crippen LogP contribution in [0.1, 0.15) is 11.7 Å². The van der Waals surface area contributed by atoms with Crippen LogP contribution in [0.2, 0.25) is 0 Å². The number of anilines is 1. The number of morpholine rings is 1. The minimum absolute atomic E-state index is 0.136. The van der Waals surface area contributed by atoms with Crippen molar-refractivity contribution in [3.63, 3.8) is 0 Å². The van der Waals surface area contributed by atoms with Gasteiger partial charge in [-0.25, -0.2) is 15.0 Å². The topological polar surface area (TPSA) is 86.3 Å². The smallest absolute Gasteiger partial charge is 0.255 e. The lowest BCUT2D eigenvalue weighted by Crippen LogP contribution is -2.41. The fourth-order valence-electron chi connectivity index (χ4n) is 3.76. The van der Waals surface area contributed by atoms with E-state index < -0.39 is 0 Å². The lowest BCUT2D eigenvalue weighted by molar-refractivity contribution is 0.0390. The van der Waals surface area contributed by atoms with E-state index in [-0.39, 0.29) is 11.7 Å². The van der Waals surface area contributed by atoms with Crippen LogP contribution in [0, 0.1) is 0 Å². The average molecular weight is 415 g/mol. The Morgan fingerprint density at radius 3 is 2.84 bits per heavy atom. The molecule has 1 atom stereocenters. The van der Waals surface area contributed by atoms with Crippen LogP contribution < -0.4 is 10.5 Å². The third kappa shape index (κ3) is 3.85. The molecule has 0 spiro atoms. The van der Waals surface area contributed by atoms with Crippen molar-refractivity contribution in [2.45, 2.75) is 6.10 Å². The number of rotatable bonds is 4. The molecule has 0 radical (unpaired) electrons. The van der Waals surface area contributed by atoms with Crippen LogP contribution in [0.25, 0.3) is 22.5 Å². The van der Waals surface area contributed by atoms with Crippen molar-refractivity contribution in [3.8, 4) is 22.5 Å². The van der Waals surface area contributed by atoms with E-state index in [1.54, 1.807) is 36.4 Å². The standard InChI is InChI=1S/C23H21N5O3/c1-27-22(29)12-20(19-5-7-24-15-25-19)26-23(27)28-8-10-31-21(13-28)17-4-2-3-16(11-17)18-6-9-30-14-18/h2-7,9,11-12,14-15,21H,8,10,13H2,1H3. The summed E-state index contributed by atoms with van der Waals surface area (Å²) in [7, 11) is 1.73. The van der Waals surface area contributed by atoms with E-state index in [2.05, 4.69) is 27.0 Å². The zero-order chi connectivity index (χ0) is 21.2. The van der Waals surface area contributed by atoms with Gasteiger partial charge in [0.2, 0.25) is 5.95 Å². The summed E-state index contributed by atoms with van der Waals surface area (Å²) in [5.74, 6) is 0.598. The molecule has 4 aromatic rings. The molecule has 0 saturated carbocycles. The minimum atomic E-state index is -0.139. The van der Waals surface area contributed by atoms with Gasteiger partial charge in [-0.2, -0.15) is 0 Å². The molecule has 1 saturated heterocycles. The molecule has 1 unspecified atom stereocenters. The zero-order valence-corrected chi connectivity index (χ0v) is 17.0. The number of benzene rings is 1. The maximum Gasteiger partial charge on any atom is 0.255 e. The van der Waals surface area contributed by atoms with Crippen molar-refractivity contribution in [2.75, 3.05) is 24.6 Å². The summed E-state index contributed by atoms with van der Waals surface area (Å²) in [6.07, 6.45) is 6.34. The molecule has 0 bridgehead atoms. The van der Waals surface area contributed by atoms with E-state index in [0.29, 0.717) is 37.0 Å². The van der Waals surface area contributed by atoms with Crippen LogP contribution >= 0.6 is 0 Å². The highest BCUT2D eigenvalue weighted by Gasteiger charge is 2.25. The monoisotopic (exact) mass is 415 g/mol. The van der Waals surface area contributed by atoms with Crippen molar-refractivity contribution in [1.82, 2.24) is 19.5 Å². The molecule has 3 aromatic heterocycles. The first-order valence-electron chi connectivity index (χ1n) is 10.0. The SMILES string of the molecule is Cn1c(N2CCOC(c3cccc(-c4ccoc4)c3)C2)nc(-c2ccncn2)cc1=O. The summed E-state index contributed by atoms with van der Waals surface area (Å²) < 4.78 is 12.8. The molecule has 1 aliphatic rings. The number of aromatic nitrogens is 4. The fourth-order valence-corrected chi connectivity index (χ4v) is 3.76. The van der Waals surface area contributed by atoms with Crippen molar-refractivity contribution >= 4 is 5.95 Å². The number of nitrogens with zero attached hydrogens (tertiary/aromatic N) is 5. The molecule has 0 aliphatic carbocycles. The molecule has 5 rings (SSSR count). The van der Waals surface area contributed by atoms with Gasteiger partial charge in [0, 0.05) is 31.4 Å². The largest absolute Gasteiger partial charge is 0.472 e. The van der Waals surface area contributed by atoms with Gasteiger partial charge in [0.15, 0.2) is 0 Å². The summed E-state index contributed by atoms with van der Waals surface area (Å²) >= 11 is 0. The second-order valence-electron chi connectivity index (χ2n) is 7.38. The van der Waals surface area contributed by atoms with Gasteiger partial charge in [0.05, 0.1) is 37.1 Å². The Kier molecular flexibility index (Phi) is 5.05. The van der Waals surface area contributed by atoms with E-state index >= 15 is 0 Å². The molecule has 8 nitrogen and oxygen atoms in total. The van der Waals surface area contributed by atoms with Crippen LogP contribution in [-0.4, -0.2) is 39.2 Å². The van der Waals surface area contributed by atoms with E-state index in [4.69, 9.17) is 14.1 Å². The predicted molar refractivity (Wildman–Crippen MR) is 116 cm³/mol. The van der Waals surface area contributed by atoms with Gasteiger partial charge in [0.25, 0.3) is 5.56 Å². The average Bonchev–Trinajstić information content (AvgIpc) is 3.37. The highest BCUT2D eigenvalue weighted by atomic mass is 16.5. The maximum absolute atomic E-state index is 12.6. The number of ether oxygens (including phenoxy) is 1. The van der Waals surface area contributed by atoms with Gasteiger partial charge in [-0.15, -0.1) is 0 Å². The molecule has 0 N–H and O–H groups in total. The highest BCUT2D eigenvalue weighted by Crippen LogP contribution is 2.29. The van der Waals surface area contributed by atoms with E-state index in [1.807, 2.05) is 18.2 Å². The van der Waals surface area contributed by atoms with Crippen LogP contribution in [0.4, 0.5) is 5.95 Å². The van der Waals surface area contributed by atoms with Crippen molar-refractivity contribution < 1.29 is 9.15 Å². The van der Waals surface area contributed by atoms with Gasteiger partial charge in [-0.1, -0.05) is 18.2 Å². The lowest BCUT2D eigenvalue weighted by Gasteiger charge is -2.34. The van der Waals surface area contributed by atoms with Crippen LogP contribution in [-0.2, 0) is 11.8 Å². The quantitative estimate of drug-likeness (QED) is 0.506. The summed E-state index contributed by atoms with van der Waals surface area (Å²) in [4.78, 5) is 27.6. The first-order valence-corrected chi connectivity index (χ1v) is 10.0. The summed E-state index contributed by atoms with van der Waals surface area (Å²) in [5.41, 5.74) is 4.18. The predicted octanol–water partition coefficient (Wildman–Crippen LogP) is 3.08. The minimum Gasteiger partial charge on any atom is -0.472 e. The van der Waals surface area contributed by atoms with E-state index in [0.717, 1.165) is 16.7 Å². The van der Waals surface area contributed by atoms with E-state index in [9.17, 15) is 4.79 Å². The Hall–Kier alpha value is -3.78. The molecular formula is C23H21N5O3. The highest BCUT2D eigenvalue weighted by molar-refractivity contribution is 5.63. The Balaban J connectivity index is 1.46. The second kappa shape index (κ2) is 8.16. The molecule has 1 aromatic carbocycles. The Morgan fingerprint density at radius 2 is 2.03 bits per heavy atom. The first-order chi connectivity index (χ1) is 15.2. The van der Waals surface area contributed by atoms with Crippen molar-refractivity contribution in [3.05, 3.63) is 83.4 Å². The number of hydrogen-bond donors (Lipinski definition) is 0. The molecule has 156 valence electrons. The molecular weight excluding hydrogens is 394 g/mol. The van der Waals surface area contributed by atoms with Crippen LogP contribution in [0.3, 0.4) is 0 Å². The third-order valence-corrected chi connectivity index (χ3v) is 5.42. The van der Waals surface area contributed by atoms with Crippen LogP contribution in [0.15, 0.2) is 76.7 Å². The molecule has 8 heteroatoms. The van der Waals surface area contributed by atoms with Gasteiger partial charge < -0.3 is 14.1 Å². The Morgan fingerprint density at radius 1 is 1.10 bits per heavy atom. The van der Waals surface area contributed by atoms with Gasteiger partial charge in [0.1, 0.15) is 12.4 Å². The Labute approximate surface area is 178 Å². The normalized spacial score (nSPS) is 16.4. The fraction of sp³-hybridized carbons (Fsp3) is 0.217. The zero-order valence-electron chi connectivity index (χ0n) is 17.0. The first kappa shape index (κ1) is 19.2. The van der Waals surface area contributed by atoms with Crippen molar-refractivity contribution in [2.24, 2.45) is 7.05 Å². The third-order valence-electron chi connectivity index (χ3n) is 5.42. The van der Waals surface area contributed by atoms with Gasteiger partial charge in [-0.3, -0.25) is 9.36 Å². The van der Waals surface area contributed by atoms with Gasteiger partial charge in [-0.05, 0) is 29.3 Å². The number of hydrogen-bond acceptors (Lipinski definition) is 7. The molecule has 1 fully saturated rings. The van der Waals surface area contributed by atoms with Gasteiger partial charge >= 0.3 is 0 Å². The molecule has 1 aliphatic heterocycles. The maximum atomic E-state index is 12.6. The summed E-state index contributed by atoms with van der Waals surface area (Å²) in [6.45, 7) is 1.77. The molecule has 0 amide bonds. The van der Waals surface area contributed by atoms with Crippen molar-refractivity contribution in [1.29, 1.82) is 0 Å². The van der Waals surface area contributed by atoms with E-state index in [1.165, 1.54) is 12.4 Å².